The first-order valence-electron chi connectivity index (χ1n) is 5.64. The highest BCUT2D eigenvalue weighted by Crippen LogP contribution is 2.32. The Balaban J connectivity index is 2.09. The third-order valence-electron chi connectivity index (χ3n) is 3.09. The summed E-state index contributed by atoms with van der Waals surface area (Å²) in [5.74, 6) is 0.783. The minimum absolute atomic E-state index is 0.237. The molecular weight excluding hydrogens is 218 g/mol. The quantitative estimate of drug-likeness (QED) is 0.812. The summed E-state index contributed by atoms with van der Waals surface area (Å²) >= 11 is 5.13. The molecule has 0 aromatic carbocycles. The van der Waals surface area contributed by atoms with Crippen molar-refractivity contribution in [3.05, 3.63) is 30.1 Å². The SMILES string of the molecule is CC(c1ccncc1)N(CC1CC1)C(N)=S. The molecule has 0 saturated heterocycles. The predicted molar refractivity (Wildman–Crippen MR) is 68.9 cm³/mol. The minimum atomic E-state index is 0.237. The van der Waals surface area contributed by atoms with Gasteiger partial charge in [-0.1, -0.05) is 0 Å². The summed E-state index contributed by atoms with van der Waals surface area (Å²) in [7, 11) is 0. The van der Waals surface area contributed by atoms with Crippen molar-refractivity contribution in [2.75, 3.05) is 6.54 Å². The van der Waals surface area contributed by atoms with E-state index in [2.05, 4.69) is 16.8 Å². The third-order valence-corrected chi connectivity index (χ3v) is 3.33. The van der Waals surface area contributed by atoms with E-state index in [0.717, 1.165) is 12.5 Å². The molecule has 0 aliphatic heterocycles. The van der Waals surface area contributed by atoms with Gasteiger partial charge in [0.25, 0.3) is 0 Å². The smallest absolute Gasteiger partial charge is 0.166 e. The van der Waals surface area contributed by atoms with Crippen LogP contribution in [-0.2, 0) is 0 Å². The largest absolute Gasteiger partial charge is 0.376 e. The van der Waals surface area contributed by atoms with E-state index in [1.807, 2.05) is 12.1 Å². The van der Waals surface area contributed by atoms with E-state index >= 15 is 0 Å². The zero-order valence-electron chi connectivity index (χ0n) is 9.47. The van der Waals surface area contributed by atoms with Gasteiger partial charge in [-0.2, -0.15) is 0 Å². The summed E-state index contributed by atoms with van der Waals surface area (Å²) < 4.78 is 0. The van der Waals surface area contributed by atoms with Crippen LogP contribution in [0, 0.1) is 5.92 Å². The first-order chi connectivity index (χ1) is 7.68. The molecule has 1 aromatic rings. The van der Waals surface area contributed by atoms with Crippen LogP contribution in [0.15, 0.2) is 24.5 Å². The van der Waals surface area contributed by atoms with Crippen molar-refractivity contribution in [2.45, 2.75) is 25.8 Å². The fourth-order valence-corrected chi connectivity index (χ4v) is 2.07. The van der Waals surface area contributed by atoms with E-state index in [1.54, 1.807) is 12.4 Å². The van der Waals surface area contributed by atoms with Crippen molar-refractivity contribution in [3.8, 4) is 0 Å². The van der Waals surface area contributed by atoms with Gasteiger partial charge in [0, 0.05) is 18.9 Å². The molecule has 2 rings (SSSR count). The number of rotatable bonds is 4. The molecule has 1 aliphatic rings. The van der Waals surface area contributed by atoms with Crippen LogP contribution in [0.1, 0.15) is 31.4 Å². The first-order valence-corrected chi connectivity index (χ1v) is 6.05. The van der Waals surface area contributed by atoms with Crippen LogP contribution < -0.4 is 5.73 Å². The fraction of sp³-hybridized carbons (Fsp3) is 0.500. The molecule has 1 heterocycles. The molecule has 0 radical (unpaired) electrons. The highest BCUT2D eigenvalue weighted by atomic mass is 32.1. The molecule has 1 unspecified atom stereocenters. The van der Waals surface area contributed by atoms with Crippen LogP contribution in [0.4, 0.5) is 0 Å². The normalized spacial score (nSPS) is 16.8. The lowest BCUT2D eigenvalue weighted by atomic mass is 10.1. The Labute approximate surface area is 102 Å². The Morgan fingerprint density at radius 1 is 1.56 bits per heavy atom. The number of aromatic nitrogens is 1. The summed E-state index contributed by atoms with van der Waals surface area (Å²) in [4.78, 5) is 6.14. The van der Waals surface area contributed by atoms with Crippen LogP contribution in [0.2, 0.25) is 0 Å². The molecular formula is C12H17N3S. The predicted octanol–water partition coefficient (Wildman–Crippen LogP) is 2.10. The van der Waals surface area contributed by atoms with E-state index in [-0.39, 0.29) is 6.04 Å². The highest BCUT2D eigenvalue weighted by Gasteiger charge is 2.27. The monoisotopic (exact) mass is 235 g/mol. The molecule has 1 aromatic heterocycles. The lowest BCUT2D eigenvalue weighted by molar-refractivity contribution is 0.325. The molecule has 0 amide bonds. The van der Waals surface area contributed by atoms with Gasteiger partial charge in [0.1, 0.15) is 0 Å². The van der Waals surface area contributed by atoms with Crippen molar-refractivity contribution in [3.63, 3.8) is 0 Å². The molecule has 1 fully saturated rings. The topological polar surface area (TPSA) is 42.2 Å². The second kappa shape index (κ2) is 4.78. The van der Waals surface area contributed by atoms with Crippen molar-refractivity contribution < 1.29 is 0 Å². The average molecular weight is 235 g/mol. The van der Waals surface area contributed by atoms with Crippen molar-refractivity contribution in [2.24, 2.45) is 11.7 Å². The lowest BCUT2D eigenvalue weighted by Gasteiger charge is -2.30. The Kier molecular flexibility index (Phi) is 3.39. The maximum atomic E-state index is 5.79. The van der Waals surface area contributed by atoms with Crippen molar-refractivity contribution in [1.29, 1.82) is 0 Å². The van der Waals surface area contributed by atoms with E-state index in [9.17, 15) is 0 Å². The summed E-state index contributed by atoms with van der Waals surface area (Å²) in [6, 6.07) is 4.27. The second-order valence-electron chi connectivity index (χ2n) is 4.39. The molecule has 1 saturated carbocycles. The number of thiocarbonyl (C=S) groups is 1. The zero-order chi connectivity index (χ0) is 11.5. The molecule has 3 nitrogen and oxygen atoms in total. The van der Waals surface area contributed by atoms with Gasteiger partial charge in [-0.05, 0) is 55.6 Å². The summed E-state index contributed by atoms with van der Waals surface area (Å²) in [5.41, 5.74) is 7.00. The molecule has 86 valence electrons. The summed E-state index contributed by atoms with van der Waals surface area (Å²) in [6.07, 6.45) is 6.23. The van der Waals surface area contributed by atoms with Gasteiger partial charge in [0.2, 0.25) is 0 Å². The third kappa shape index (κ3) is 2.70. The van der Waals surface area contributed by atoms with Crippen LogP contribution >= 0.6 is 12.2 Å². The van der Waals surface area contributed by atoms with Crippen LogP contribution in [0.5, 0.6) is 0 Å². The Morgan fingerprint density at radius 3 is 2.69 bits per heavy atom. The number of hydrogen-bond acceptors (Lipinski definition) is 2. The number of nitrogens with zero attached hydrogens (tertiary/aromatic N) is 2. The molecule has 0 bridgehead atoms. The standard InChI is InChI=1S/C12H17N3S/c1-9(11-4-6-14-7-5-11)15(12(13)16)8-10-2-3-10/h4-7,9-10H,2-3,8H2,1H3,(H2,13,16). The number of hydrogen-bond donors (Lipinski definition) is 1. The number of nitrogens with two attached hydrogens (primary N) is 1. The van der Waals surface area contributed by atoms with E-state index in [4.69, 9.17) is 18.0 Å². The minimum Gasteiger partial charge on any atom is -0.376 e. The average Bonchev–Trinajstić information content (AvgIpc) is 3.09. The van der Waals surface area contributed by atoms with Gasteiger partial charge < -0.3 is 10.6 Å². The first kappa shape index (κ1) is 11.3. The Hall–Kier alpha value is -1.16. The van der Waals surface area contributed by atoms with Gasteiger partial charge in [0.05, 0.1) is 6.04 Å². The molecule has 4 heteroatoms. The maximum absolute atomic E-state index is 5.79. The highest BCUT2D eigenvalue weighted by molar-refractivity contribution is 7.80. The summed E-state index contributed by atoms with van der Waals surface area (Å²) in [5, 5.41) is 0.496. The van der Waals surface area contributed by atoms with Crippen LogP contribution in [-0.4, -0.2) is 21.5 Å². The molecule has 2 N–H and O–H groups in total. The maximum Gasteiger partial charge on any atom is 0.166 e. The van der Waals surface area contributed by atoms with Crippen molar-refractivity contribution >= 4 is 17.3 Å². The summed E-state index contributed by atoms with van der Waals surface area (Å²) in [6.45, 7) is 3.12. The fourth-order valence-electron chi connectivity index (χ4n) is 1.84. The Bertz CT molecular complexity index is 362. The molecule has 0 spiro atoms. The van der Waals surface area contributed by atoms with Gasteiger partial charge in [-0.15, -0.1) is 0 Å². The van der Waals surface area contributed by atoms with Crippen LogP contribution in [0.3, 0.4) is 0 Å². The zero-order valence-corrected chi connectivity index (χ0v) is 10.3. The lowest BCUT2D eigenvalue weighted by Crippen LogP contribution is -2.38. The van der Waals surface area contributed by atoms with Gasteiger partial charge >= 0.3 is 0 Å². The van der Waals surface area contributed by atoms with E-state index < -0.39 is 0 Å². The van der Waals surface area contributed by atoms with Crippen molar-refractivity contribution in [1.82, 2.24) is 9.88 Å². The van der Waals surface area contributed by atoms with Gasteiger partial charge in [-0.25, -0.2) is 0 Å². The number of pyridine rings is 1. The van der Waals surface area contributed by atoms with Gasteiger partial charge in [-0.3, -0.25) is 4.98 Å². The van der Waals surface area contributed by atoms with Crippen LogP contribution in [0.25, 0.3) is 0 Å². The second-order valence-corrected chi connectivity index (χ2v) is 4.81. The molecule has 1 aliphatic carbocycles. The molecule has 16 heavy (non-hydrogen) atoms. The Morgan fingerprint density at radius 2 is 2.19 bits per heavy atom. The van der Waals surface area contributed by atoms with E-state index in [0.29, 0.717) is 5.11 Å². The molecule has 1 atom stereocenters. The van der Waals surface area contributed by atoms with Gasteiger partial charge in [0.15, 0.2) is 5.11 Å². The van der Waals surface area contributed by atoms with E-state index in [1.165, 1.54) is 18.4 Å².